The lowest BCUT2D eigenvalue weighted by molar-refractivity contribution is -0.0136. The zero-order valence-electron chi connectivity index (χ0n) is 11.3. The van der Waals surface area contributed by atoms with Crippen molar-refractivity contribution in [3.63, 3.8) is 0 Å². The van der Waals surface area contributed by atoms with Crippen LogP contribution in [0.15, 0.2) is 0 Å². The normalized spacial score (nSPS) is 31.8. The number of aliphatic hydroxyl groups is 1. The summed E-state index contributed by atoms with van der Waals surface area (Å²) in [5, 5.41) is 10.2. The number of aliphatic hydroxyl groups excluding tert-OH is 1. The van der Waals surface area contributed by atoms with Crippen LogP contribution in [0.5, 0.6) is 0 Å². The zero-order valence-corrected chi connectivity index (χ0v) is 11.3. The van der Waals surface area contributed by atoms with Crippen molar-refractivity contribution in [1.82, 2.24) is 4.90 Å². The lowest BCUT2D eigenvalue weighted by Gasteiger charge is -2.41. The summed E-state index contributed by atoms with van der Waals surface area (Å²) in [6.07, 6.45) is 7.20. The van der Waals surface area contributed by atoms with Gasteiger partial charge in [-0.15, -0.1) is 0 Å². The van der Waals surface area contributed by atoms with Crippen LogP contribution in [-0.4, -0.2) is 48.5 Å². The predicted octanol–water partition coefficient (Wildman–Crippen LogP) is 2.04. The van der Waals surface area contributed by atoms with E-state index in [2.05, 4.69) is 11.8 Å². The van der Waals surface area contributed by atoms with Gasteiger partial charge in [0.05, 0.1) is 12.7 Å². The van der Waals surface area contributed by atoms with Crippen LogP contribution in [0, 0.1) is 5.92 Å². The number of methoxy groups -OCH3 is 1. The van der Waals surface area contributed by atoms with Crippen LogP contribution in [0.25, 0.3) is 0 Å². The second-order valence-electron chi connectivity index (χ2n) is 5.73. The van der Waals surface area contributed by atoms with Crippen molar-refractivity contribution in [2.75, 3.05) is 20.3 Å². The summed E-state index contributed by atoms with van der Waals surface area (Å²) in [7, 11) is 1.76. The third-order valence-corrected chi connectivity index (χ3v) is 4.50. The fourth-order valence-electron chi connectivity index (χ4n) is 3.20. The van der Waals surface area contributed by atoms with Gasteiger partial charge in [-0.1, -0.05) is 12.8 Å². The van der Waals surface area contributed by atoms with E-state index in [1.165, 1.54) is 25.7 Å². The molecule has 100 valence electrons. The van der Waals surface area contributed by atoms with Crippen molar-refractivity contribution in [2.24, 2.45) is 5.92 Å². The molecule has 0 aliphatic heterocycles. The van der Waals surface area contributed by atoms with Gasteiger partial charge in [0.15, 0.2) is 0 Å². The van der Waals surface area contributed by atoms with E-state index in [9.17, 15) is 5.11 Å². The molecule has 2 aliphatic carbocycles. The quantitative estimate of drug-likeness (QED) is 0.772. The molecule has 0 bridgehead atoms. The van der Waals surface area contributed by atoms with E-state index in [0.29, 0.717) is 12.1 Å². The summed E-state index contributed by atoms with van der Waals surface area (Å²) in [5.41, 5.74) is 0. The molecule has 0 radical (unpaired) electrons. The monoisotopic (exact) mass is 241 g/mol. The van der Waals surface area contributed by atoms with E-state index in [0.717, 1.165) is 31.9 Å². The number of rotatable bonds is 6. The molecule has 3 unspecified atom stereocenters. The molecule has 0 aromatic carbocycles. The maximum absolute atomic E-state index is 10.2. The Kier molecular flexibility index (Phi) is 4.83. The lowest BCUT2D eigenvalue weighted by Crippen LogP contribution is -2.51. The van der Waals surface area contributed by atoms with E-state index >= 15 is 0 Å². The van der Waals surface area contributed by atoms with Crippen LogP contribution < -0.4 is 0 Å². The van der Waals surface area contributed by atoms with Gasteiger partial charge >= 0.3 is 0 Å². The summed E-state index contributed by atoms with van der Waals surface area (Å²) in [6.45, 7) is 4.07. The average Bonchev–Trinajstić information content (AvgIpc) is 3.15. The fourth-order valence-corrected chi connectivity index (χ4v) is 3.20. The summed E-state index contributed by atoms with van der Waals surface area (Å²) in [5.74, 6) is 0.862. The first-order valence-electron chi connectivity index (χ1n) is 7.16. The molecule has 3 atom stereocenters. The molecule has 17 heavy (non-hydrogen) atoms. The molecule has 2 aliphatic rings. The van der Waals surface area contributed by atoms with Crippen molar-refractivity contribution in [2.45, 2.75) is 63.6 Å². The highest BCUT2D eigenvalue weighted by atomic mass is 16.5. The SMILES string of the molecule is COCCN(C(C)C1CC1)C1CCCCC1O. The first-order valence-corrected chi connectivity index (χ1v) is 7.16. The summed E-state index contributed by atoms with van der Waals surface area (Å²) >= 11 is 0. The molecule has 2 fully saturated rings. The average molecular weight is 241 g/mol. The topological polar surface area (TPSA) is 32.7 Å². The molecule has 0 aromatic rings. The molecule has 2 saturated carbocycles. The number of ether oxygens (including phenoxy) is 1. The van der Waals surface area contributed by atoms with Gasteiger partial charge < -0.3 is 9.84 Å². The minimum atomic E-state index is -0.123. The lowest BCUT2D eigenvalue weighted by atomic mass is 9.90. The zero-order chi connectivity index (χ0) is 12.3. The first kappa shape index (κ1) is 13.3. The molecular weight excluding hydrogens is 214 g/mol. The molecule has 0 aromatic heterocycles. The minimum absolute atomic E-state index is 0.123. The Balaban J connectivity index is 1.96. The van der Waals surface area contributed by atoms with E-state index in [-0.39, 0.29) is 6.10 Å². The van der Waals surface area contributed by atoms with Gasteiger partial charge in [0, 0.05) is 25.7 Å². The van der Waals surface area contributed by atoms with Crippen molar-refractivity contribution < 1.29 is 9.84 Å². The summed E-state index contributed by atoms with van der Waals surface area (Å²) < 4.78 is 5.23. The molecular formula is C14H27NO2. The molecule has 1 N–H and O–H groups in total. The molecule has 3 nitrogen and oxygen atoms in total. The number of hydrogen-bond donors (Lipinski definition) is 1. The molecule has 0 spiro atoms. The Morgan fingerprint density at radius 3 is 2.53 bits per heavy atom. The highest BCUT2D eigenvalue weighted by molar-refractivity contribution is 4.91. The Labute approximate surface area is 105 Å². The van der Waals surface area contributed by atoms with E-state index in [1.54, 1.807) is 7.11 Å². The van der Waals surface area contributed by atoms with Crippen molar-refractivity contribution in [1.29, 1.82) is 0 Å². The van der Waals surface area contributed by atoms with E-state index in [1.807, 2.05) is 0 Å². The standard InChI is InChI=1S/C14H27NO2/c1-11(12-7-8-12)15(9-10-17-2)13-5-3-4-6-14(13)16/h11-14,16H,3-10H2,1-2H3. The van der Waals surface area contributed by atoms with E-state index < -0.39 is 0 Å². The third kappa shape index (κ3) is 3.43. The Morgan fingerprint density at radius 2 is 1.94 bits per heavy atom. The number of hydrogen-bond acceptors (Lipinski definition) is 3. The highest BCUT2D eigenvalue weighted by Crippen LogP contribution is 2.37. The maximum atomic E-state index is 10.2. The van der Waals surface area contributed by atoms with E-state index in [4.69, 9.17) is 4.74 Å². The van der Waals surface area contributed by atoms with Crippen LogP contribution >= 0.6 is 0 Å². The fraction of sp³-hybridized carbons (Fsp3) is 1.00. The minimum Gasteiger partial charge on any atom is -0.391 e. The summed E-state index contributed by atoms with van der Waals surface area (Å²) in [6, 6.07) is 0.984. The van der Waals surface area contributed by atoms with Crippen LogP contribution in [0.4, 0.5) is 0 Å². The maximum Gasteiger partial charge on any atom is 0.0695 e. The largest absolute Gasteiger partial charge is 0.391 e. The van der Waals surface area contributed by atoms with Gasteiger partial charge in [0.2, 0.25) is 0 Å². The van der Waals surface area contributed by atoms with Gasteiger partial charge in [-0.2, -0.15) is 0 Å². The molecule has 0 heterocycles. The van der Waals surface area contributed by atoms with Gasteiger partial charge in [0.1, 0.15) is 0 Å². The van der Waals surface area contributed by atoms with Gasteiger partial charge in [0.25, 0.3) is 0 Å². The van der Waals surface area contributed by atoms with Crippen LogP contribution in [0.1, 0.15) is 45.4 Å². The molecule has 0 saturated heterocycles. The third-order valence-electron chi connectivity index (χ3n) is 4.50. The number of nitrogens with zero attached hydrogens (tertiary/aromatic N) is 1. The van der Waals surface area contributed by atoms with Crippen molar-refractivity contribution >= 4 is 0 Å². The second-order valence-corrected chi connectivity index (χ2v) is 5.73. The van der Waals surface area contributed by atoms with Gasteiger partial charge in [-0.05, 0) is 38.5 Å². The van der Waals surface area contributed by atoms with Crippen LogP contribution in [-0.2, 0) is 4.74 Å². The Morgan fingerprint density at radius 1 is 1.24 bits per heavy atom. The molecule has 2 rings (SSSR count). The van der Waals surface area contributed by atoms with Crippen LogP contribution in [0.2, 0.25) is 0 Å². The van der Waals surface area contributed by atoms with Crippen molar-refractivity contribution in [3.05, 3.63) is 0 Å². The summed E-state index contributed by atoms with van der Waals surface area (Å²) in [4.78, 5) is 2.52. The predicted molar refractivity (Wildman–Crippen MR) is 69.0 cm³/mol. The first-order chi connectivity index (χ1) is 8.24. The van der Waals surface area contributed by atoms with Gasteiger partial charge in [-0.25, -0.2) is 0 Å². The van der Waals surface area contributed by atoms with Gasteiger partial charge in [-0.3, -0.25) is 4.90 Å². The highest BCUT2D eigenvalue weighted by Gasteiger charge is 2.37. The Hall–Kier alpha value is -0.120. The smallest absolute Gasteiger partial charge is 0.0695 e. The van der Waals surface area contributed by atoms with Crippen LogP contribution in [0.3, 0.4) is 0 Å². The van der Waals surface area contributed by atoms with Crippen molar-refractivity contribution in [3.8, 4) is 0 Å². The Bertz CT molecular complexity index is 230. The second kappa shape index (κ2) is 6.17. The molecule has 0 amide bonds. The molecule has 3 heteroatoms.